The molecule has 122 valence electrons. The lowest BCUT2D eigenvalue weighted by molar-refractivity contribution is -0.191. The van der Waals surface area contributed by atoms with Crippen LogP contribution in [-0.2, 0) is 4.79 Å². The van der Waals surface area contributed by atoms with E-state index in [1.165, 1.54) is 13.2 Å². The molecule has 0 spiro atoms. The van der Waals surface area contributed by atoms with E-state index in [1.807, 2.05) is 12.1 Å². The van der Waals surface area contributed by atoms with Crippen molar-refractivity contribution in [1.82, 2.24) is 10.4 Å². The molecule has 1 heterocycles. The molecule has 1 N–H and O–H groups in total. The van der Waals surface area contributed by atoms with Crippen LogP contribution in [0.3, 0.4) is 0 Å². The highest BCUT2D eigenvalue weighted by Crippen LogP contribution is 2.43. The summed E-state index contributed by atoms with van der Waals surface area (Å²) >= 11 is 0. The van der Waals surface area contributed by atoms with Gasteiger partial charge in [0.05, 0.1) is 7.11 Å². The predicted octanol–water partition coefficient (Wildman–Crippen LogP) is 3.19. The Labute approximate surface area is 130 Å². The number of rotatable bonds is 3. The standard InChI is InChI=1S/C16H15F3N2O2/c1-23-13-9-11-5-3-2-4-10(11)8-12(13)15(16(17,18)19)21-7-6-14(22)20-21/h2-5,8-9,15H,6-7H2,1H3,(H,20,22). The molecular formula is C16H15F3N2O2. The van der Waals surface area contributed by atoms with Crippen LogP contribution in [0.4, 0.5) is 13.2 Å². The molecule has 0 radical (unpaired) electrons. The summed E-state index contributed by atoms with van der Waals surface area (Å²) in [5.74, 6) is -0.272. The molecule has 1 fully saturated rings. The van der Waals surface area contributed by atoms with Gasteiger partial charge in [0.1, 0.15) is 5.75 Å². The molecule has 4 nitrogen and oxygen atoms in total. The molecule has 1 aliphatic rings. The fourth-order valence-corrected chi connectivity index (χ4v) is 2.84. The van der Waals surface area contributed by atoms with Gasteiger partial charge >= 0.3 is 6.18 Å². The van der Waals surface area contributed by atoms with E-state index in [9.17, 15) is 18.0 Å². The maximum absolute atomic E-state index is 13.7. The molecule has 23 heavy (non-hydrogen) atoms. The lowest BCUT2D eigenvalue weighted by Crippen LogP contribution is -2.43. The minimum absolute atomic E-state index is 0.00100. The van der Waals surface area contributed by atoms with E-state index < -0.39 is 18.1 Å². The Morgan fingerprint density at radius 1 is 1.22 bits per heavy atom. The first kappa shape index (κ1) is 15.6. The number of nitrogens with one attached hydrogen (secondary N) is 1. The second kappa shape index (κ2) is 5.73. The summed E-state index contributed by atoms with van der Waals surface area (Å²) in [6, 6.07) is 8.23. The zero-order valence-corrected chi connectivity index (χ0v) is 12.4. The number of methoxy groups -OCH3 is 1. The third-order valence-electron chi connectivity index (χ3n) is 3.86. The number of hydrazine groups is 1. The molecule has 1 amide bonds. The van der Waals surface area contributed by atoms with Crippen molar-refractivity contribution in [3.05, 3.63) is 42.0 Å². The Morgan fingerprint density at radius 3 is 2.39 bits per heavy atom. The second-order valence-corrected chi connectivity index (χ2v) is 5.36. The highest BCUT2D eigenvalue weighted by Gasteiger charge is 2.48. The number of ether oxygens (including phenoxy) is 1. The van der Waals surface area contributed by atoms with E-state index in [-0.39, 0.29) is 24.3 Å². The third kappa shape index (κ3) is 2.96. The molecule has 0 aromatic heterocycles. The summed E-state index contributed by atoms with van der Waals surface area (Å²) in [5, 5.41) is 2.40. The fraction of sp³-hybridized carbons (Fsp3) is 0.312. The van der Waals surface area contributed by atoms with Crippen LogP contribution in [-0.4, -0.2) is 30.7 Å². The Morgan fingerprint density at radius 2 is 1.87 bits per heavy atom. The average molecular weight is 324 g/mol. The molecule has 1 unspecified atom stereocenters. The maximum atomic E-state index is 13.7. The normalized spacial score (nSPS) is 17.3. The first-order chi connectivity index (χ1) is 10.9. The van der Waals surface area contributed by atoms with Crippen molar-refractivity contribution in [1.29, 1.82) is 0 Å². The van der Waals surface area contributed by atoms with E-state index >= 15 is 0 Å². The lowest BCUT2D eigenvalue weighted by atomic mass is 9.99. The summed E-state index contributed by atoms with van der Waals surface area (Å²) in [5.41, 5.74) is 2.26. The third-order valence-corrected chi connectivity index (χ3v) is 3.86. The van der Waals surface area contributed by atoms with E-state index in [2.05, 4.69) is 5.43 Å². The highest BCUT2D eigenvalue weighted by molar-refractivity contribution is 5.85. The van der Waals surface area contributed by atoms with E-state index in [0.29, 0.717) is 5.39 Å². The average Bonchev–Trinajstić information content (AvgIpc) is 2.91. The SMILES string of the molecule is COc1cc2ccccc2cc1C(N1CCC(=O)N1)C(F)(F)F. The number of nitrogens with zero attached hydrogens (tertiary/aromatic N) is 1. The molecule has 0 bridgehead atoms. The van der Waals surface area contributed by atoms with Crippen LogP contribution in [0, 0.1) is 0 Å². The fourth-order valence-electron chi connectivity index (χ4n) is 2.84. The van der Waals surface area contributed by atoms with Gasteiger partial charge in [0, 0.05) is 18.5 Å². The molecular weight excluding hydrogens is 309 g/mol. The van der Waals surface area contributed by atoms with Crippen LogP contribution in [0.2, 0.25) is 0 Å². The first-order valence-corrected chi connectivity index (χ1v) is 7.09. The molecule has 1 aliphatic heterocycles. The largest absolute Gasteiger partial charge is 0.496 e. The van der Waals surface area contributed by atoms with E-state index in [0.717, 1.165) is 10.4 Å². The number of hydrogen-bond donors (Lipinski definition) is 1. The van der Waals surface area contributed by atoms with Crippen LogP contribution in [0.1, 0.15) is 18.0 Å². The lowest BCUT2D eigenvalue weighted by Gasteiger charge is -2.30. The van der Waals surface area contributed by atoms with Crippen molar-refractivity contribution in [2.45, 2.75) is 18.6 Å². The minimum Gasteiger partial charge on any atom is -0.496 e. The molecule has 0 saturated carbocycles. The van der Waals surface area contributed by atoms with Gasteiger partial charge in [-0.15, -0.1) is 0 Å². The van der Waals surface area contributed by atoms with Crippen molar-refractivity contribution in [2.75, 3.05) is 13.7 Å². The Kier molecular flexibility index (Phi) is 3.89. The van der Waals surface area contributed by atoms with Gasteiger partial charge in [-0.25, -0.2) is 5.01 Å². The molecule has 3 rings (SSSR count). The van der Waals surface area contributed by atoms with Gasteiger partial charge in [-0.05, 0) is 22.9 Å². The van der Waals surface area contributed by atoms with Crippen LogP contribution < -0.4 is 10.2 Å². The molecule has 1 saturated heterocycles. The zero-order valence-electron chi connectivity index (χ0n) is 12.4. The minimum atomic E-state index is -4.55. The van der Waals surface area contributed by atoms with Gasteiger partial charge in [-0.2, -0.15) is 13.2 Å². The topological polar surface area (TPSA) is 41.6 Å². The number of fused-ring (bicyclic) bond motifs is 1. The number of alkyl halides is 3. The van der Waals surface area contributed by atoms with Crippen LogP contribution in [0.25, 0.3) is 10.8 Å². The van der Waals surface area contributed by atoms with Gasteiger partial charge in [0.25, 0.3) is 0 Å². The zero-order chi connectivity index (χ0) is 16.6. The smallest absolute Gasteiger partial charge is 0.410 e. The second-order valence-electron chi connectivity index (χ2n) is 5.36. The predicted molar refractivity (Wildman–Crippen MR) is 78.8 cm³/mol. The number of halogens is 3. The van der Waals surface area contributed by atoms with Crippen molar-refractivity contribution in [2.24, 2.45) is 0 Å². The summed E-state index contributed by atoms with van der Waals surface area (Å²) in [6.07, 6.45) is -4.50. The highest BCUT2D eigenvalue weighted by atomic mass is 19.4. The Hall–Kier alpha value is -2.28. The van der Waals surface area contributed by atoms with Gasteiger partial charge in [-0.1, -0.05) is 24.3 Å². The molecule has 7 heteroatoms. The van der Waals surface area contributed by atoms with Crippen molar-refractivity contribution in [3.8, 4) is 5.75 Å². The number of carbonyl (C=O) groups excluding carboxylic acids is 1. The van der Waals surface area contributed by atoms with Gasteiger partial charge in [0.2, 0.25) is 5.91 Å². The van der Waals surface area contributed by atoms with Crippen LogP contribution in [0.5, 0.6) is 5.75 Å². The molecule has 2 aromatic carbocycles. The van der Waals surface area contributed by atoms with E-state index in [4.69, 9.17) is 4.74 Å². The Bertz CT molecular complexity index is 746. The van der Waals surface area contributed by atoms with Crippen molar-refractivity contribution in [3.63, 3.8) is 0 Å². The van der Waals surface area contributed by atoms with Gasteiger partial charge in [-0.3, -0.25) is 10.2 Å². The van der Waals surface area contributed by atoms with Crippen molar-refractivity contribution < 1.29 is 22.7 Å². The number of carbonyl (C=O) groups is 1. The monoisotopic (exact) mass is 324 g/mol. The summed E-state index contributed by atoms with van der Waals surface area (Å²) in [4.78, 5) is 11.3. The molecule has 0 aliphatic carbocycles. The van der Waals surface area contributed by atoms with Crippen molar-refractivity contribution >= 4 is 16.7 Å². The van der Waals surface area contributed by atoms with Crippen LogP contribution >= 0.6 is 0 Å². The molecule has 1 atom stereocenters. The maximum Gasteiger partial charge on any atom is 0.410 e. The quantitative estimate of drug-likeness (QED) is 0.943. The molecule has 2 aromatic rings. The van der Waals surface area contributed by atoms with E-state index in [1.54, 1.807) is 18.2 Å². The first-order valence-electron chi connectivity index (χ1n) is 7.09. The van der Waals surface area contributed by atoms with Gasteiger partial charge < -0.3 is 4.74 Å². The number of amides is 1. The summed E-state index contributed by atoms with van der Waals surface area (Å²) < 4.78 is 46.1. The number of benzene rings is 2. The Balaban J connectivity index is 2.14. The number of hydrogen-bond acceptors (Lipinski definition) is 3. The summed E-state index contributed by atoms with van der Waals surface area (Å²) in [6.45, 7) is -0.00100. The van der Waals surface area contributed by atoms with Crippen LogP contribution in [0.15, 0.2) is 36.4 Å². The summed E-state index contributed by atoms with van der Waals surface area (Å²) in [7, 11) is 1.34. The van der Waals surface area contributed by atoms with Gasteiger partial charge in [0.15, 0.2) is 6.04 Å².